The lowest BCUT2D eigenvalue weighted by Crippen LogP contribution is -2.22. The largest absolute Gasteiger partial charge is 0.388 e. The highest BCUT2D eigenvalue weighted by Gasteiger charge is 2.20. The molecule has 1 fully saturated rings. The highest BCUT2D eigenvalue weighted by molar-refractivity contribution is 7.80. The molecule has 5 heteroatoms. The Morgan fingerprint density at radius 1 is 1.61 bits per heavy atom. The minimum Gasteiger partial charge on any atom is -0.388 e. The van der Waals surface area contributed by atoms with Gasteiger partial charge in [-0.05, 0) is 37.6 Å². The minimum atomic E-state index is 0.343. The molecular weight excluding hydrogens is 244 g/mol. The summed E-state index contributed by atoms with van der Waals surface area (Å²) in [4.78, 5) is 7.05. The molecular formula is C13H20N4S. The molecule has 0 spiro atoms. The van der Waals surface area contributed by atoms with E-state index in [0.717, 1.165) is 24.7 Å². The highest BCUT2D eigenvalue weighted by Crippen LogP contribution is 2.16. The van der Waals surface area contributed by atoms with Gasteiger partial charge >= 0.3 is 0 Å². The lowest BCUT2D eigenvalue weighted by atomic mass is 10.1. The lowest BCUT2D eigenvalue weighted by molar-refractivity contribution is 0.345. The summed E-state index contributed by atoms with van der Waals surface area (Å²) < 4.78 is 0. The summed E-state index contributed by atoms with van der Waals surface area (Å²) in [6.45, 7) is 6.79. The number of aromatic nitrogens is 1. The molecule has 0 aliphatic carbocycles. The molecule has 2 heterocycles. The smallest absolute Gasteiger partial charge is 0.122 e. The Morgan fingerprint density at radius 3 is 3.00 bits per heavy atom. The van der Waals surface area contributed by atoms with Crippen molar-refractivity contribution in [2.45, 2.75) is 13.3 Å². The Balaban J connectivity index is 1.82. The molecule has 0 amide bonds. The van der Waals surface area contributed by atoms with E-state index in [4.69, 9.17) is 18.0 Å². The first-order valence-corrected chi connectivity index (χ1v) is 6.82. The van der Waals surface area contributed by atoms with Gasteiger partial charge in [-0.25, -0.2) is 0 Å². The van der Waals surface area contributed by atoms with Crippen LogP contribution in [-0.2, 0) is 0 Å². The molecule has 0 bridgehead atoms. The van der Waals surface area contributed by atoms with Crippen LogP contribution >= 0.6 is 12.2 Å². The van der Waals surface area contributed by atoms with Gasteiger partial charge in [-0.3, -0.25) is 4.98 Å². The molecule has 2 rings (SSSR count). The summed E-state index contributed by atoms with van der Waals surface area (Å²) in [6.07, 6.45) is 3.07. The number of pyridine rings is 1. The maximum atomic E-state index is 5.51. The van der Waals surface area contributed by atoms with Crippen LogP contribution in [-0.4, -0.2) is 41.1 Å². The number of nitrogens with zero attached hydrogens (tertiary/aromatic N) is 2. The average molecular weight is 264 g/mol. The molecule has 1 saturated heterocycles. The van der Waals surface area contributed by atoms with Crippen molar-refractivity contribution in [1.82, 2.24) is 9.88 Å². The summed E-state index contributed by atoms with van der Waals surface area (Å²) in [7, 11) is 0. The van der Waals surface area contributed by atoms with Crippen molar-refractivity contribution in [1.29, 1.82) is 0 Å². The van der Waals surface area contributed by atoms with Crippen LogP contribution in [0.5, 0.6) is 0 Å². The van der Waals surface area contributed by atoms with Crippen LogP contribution in [0, 0.1) is 5.92 Å². The normalized spacial score (nSPS) is 19.9. The van der Waals surface area contributed by atoms with Gasteiger partial charge in [-0.2, -0.15) is 0 Å². The number of thiocarbonyl (C=S) groups is 1. The fourth-order valence-corrected chi connectivity index (χ4v) is 2.39. The van der Waals surface area contributed by atoms with Crippen LogP contribution in [0.4, 0.5) is 5.69 Å². The molecule has 1 aliphatic heterocycles. The number of nitrogens with two attached hydrogens (primary N) is 1. The van der Waals surface area contributed by atoms with E-state index < -0.39 is 0 Å². The summed E-state index contributed by atoms with van der Waals surface area (Å²) >= 11 is 4.87. The molecule has 18 heavy (non-hydrogen) atoms. The lowest BCUT2D eigenvalue weighted by Gasteiger charge is -2.14. The van der Waals surface area contributed by atoms with Crippen LogP contribution in [0.2, 0.25) is 0 Å². The second-order valence-corrected chi connectivity index (χ2v) is 5.17. The van der Waals surface area contributed by atoms with Gasteiger partial charge in [-0.1, -0.05) is 19.1 Å². The molecule has 0 radical (unpaired) electrons. The van der Waals surface area contributed by atoms with Crippen molar-refractivity contribution in [2.75, 3.05) is 31.5 Å². The summed E-state index contributed by atoms with van der Waals surface area (Å²) in [5, 5.41) is 3.42. The zero-order valence-electron chi connectivity index (χ0n) is 10.7. The van der Waals surface area contributed by atoms with Gasteiger partial charge in [0.1, 0.15) is 4.99 Å². The zero-order valence-corrected chi connectivity index (χ0v) is 11.5. The third kappa shape index (κ3) is 3.40. The highest BCUT2D eigenvalue weighted by atomic mass is 32.1. The summed E-state index contributed by atoms with van der Waals surface area (Å²) in [5.74, 6) is 0.736. The van der Waals surface area contributed by atoms with Crippen molar-refractivity contribution in [3.05, 3.63) is 24.0 Å². The predicted octanol–water partition coefficient (Wildman–Crippen LogP) is 1.47. The number of rotatable bonds is 5. The van der Waals surface area contributed by atoms with Gasteiger partial charge in [0, 0.05) is 13.1 Å². The van der Waals surface area contributed by atoms with Crippen molar-refractivity contribution < 1.29 is 0 Å². The van der Waals surface area contributed by atoms with E-state index in [0.29, 0.717) is 10.7 Å². The Hall–Kier alpha value is -1.20. The van der Waals surface area contributed by atoms with Gasteiger partial charge in [0.15, 0.2) is 0 Å². The molecule has 1 atom stereocenters. The molecule has 0 aromatic carbocycles. The first kappa shape index (κ1) is 13.2. The van der Waals surface area contributed by atoms with E-state index in [1.165, 1.54) is 19.5 Å². The average Bonchev–Trinajstić information content (AvgIpc) is 2.85. The van der Waals surface area contributed by atoms with E-state index in [-0.39, 0.29) is 0 Å². The maximum absolute atomic E-state index is 5.51. The predicted molar refractivity (Wildman–Crippen MR) is 78.8 cm³/mol. The van der Waals surface area contributed by atoms with Crippen molar-refractivity contribution in [3.63, 3.8) is 0 Å². The first-order valence-electron chi connectivity index (χ1n) is 6.41. The monoisotopic (exact) mass is 264 g/mol. The molecule has 0 saturated carbocycles. The second-order valence-electron chi connectivity index (χ2n) is 4.73. The Labute approximate surface area is 114 Å². The minimum absolute atomic E-state index is 0.343. The topological polar surface area (TPSA) is 54.2 Å². The fourth-order valence-electron chi connectivity index (χ4n) is 2.27. The van der Waals surface area contributed by atoms with Gasteiger partial charge in [0.25, 0.3) is 0 Å². The van der Waals surface area contributed by atoms with Crippen molar-refractivity contribution >= 4 is 22.9 Å². The number of hydrogen-bond acceptors (Lipinski definition) is 4. The number of likely N-dealkylation sites (tertiary alicyclic amines) is 1. The number of hydrogen-bond donors (Lipinski definition) is 2. The SMILES string of the molecule is CCN1CCC(CNc2ccc(C(N)=S)nc2)C1. The van der Waals surface area contributed by atoms with Crippen molar-refractivity contribution in [2.24, 2.45) is 11.7 Å². The van der Waals surface area contributed by atoms with Gasteiger partial charge in [0.05, 0.1) is 17.6 Å². The Bertz CT molecular complexity index is 404. The zero-order chi connectivity index (χ0) is 13.0. The molecule has 3 N–H and O–H groups in total. The standard InChI is InChI=1S/C13H20N4S/c1-2-17-6-5-10(9-17)7-15-11-3-4-12(13(14)18)16-8-11/h3-4,8,10,15H,2,5-7,9H2,1H3,(H2,14,18). The quantitative estimate of drug-likeness (QED) is 0.789. The van der Waals surface area contributed by atoms with Gasteiger partial charge in [-0.15, -0.1) is 0 Å². The summed E-state index contributed by atoms with van der Waals surface area (Å²) in [6, 6.07) is 3.84. The fraction of sp³-hybridized carbons (Fsp3) is 0.538. The number of anilines is 1. The van der Waals surface area contributed by atoms with Crippen LogP contribution in [0.15, 0.2) is 18.3 Å². The van der Waals surface area contributed by atoms with E-state index in [1.807, 2.05) is 12.1 Å². The van der Waals surface area contributed by atoms with Gasteiger partial charge in [0.2, 0.25) is 0 Å². The molecule has 1 aromatic heterocycles. The molecule has 1 aromatic rings. The van der Waals surface area contributed by atoms with Crippen LogP contribution < -0.4 is 11.1 Å². The van der Waals surface area contributed by atoms with E-state index in [2.05, 4.69) is 22.1 Å². The molecule has 98 valence electrons. The van der Waals surface area contributed by atoms with Gasteiger partial charge < -0.3 is 16.0 Å². The second kappa shape index (κ2) is 6.11. The van der Waals surface area contributed by atoms with Crippen LogP contribution in [0.25, 0.3) is 0 Å². The maximum Gasteiger partial charge on any atom is 0.122 e. The van der Waals surface area contributed by atoms with E-state index >= 15 is 0 Å². The molecule has 1 aliphatic rings. The Morgan fingerprint density at radius 2 is 2.44 bits per heavy atom. The Kier molecular flexibility index (Phi) is 4.49. The van der Waals surface area contributed by atoms with Crippen LogP contribution in [0.1, 0.15) is 19.0 Å². The molecule has 1 unspecified atom stereocenters. The number of nitrogens with one attached hydrogen (secondary N) is 1. The van der Waals surface area contributed by atoms with E-state index in [1.54, 1.807) is 6.20 Å². The third-order valence-corrected chi connectivity index (χ3v) is 3.64. The summed E-state index contributed by atoms with van der Waals surface area (Å²) in [5.41, 5.74) is 7.22. The third-order valence-electron chi connectivity index (χ3n) is 3.43. The molecule has 4 nitrogen and oxygen atoms in total. The van der Waals surface area contributed by atoms with Crippen molar-refractivity contribution in [3.8, 4) is 0 Å². The van der Waals surface area contributed by atoms with Crippen LogP contribution in [0.3, 0.4) is 0 Å². The van der Waals surface area contributed by atoms with E-state index in [9.17, 15) is 0 Å². The first-order chi connectivity index (χ1) is 8.69.